The summed E-state index contributed by atoms with van der Waals surface area (Å²) in [6, 6.07) is 0. The maximum atomic E-state index is 13.4. The Hall–Kier alpha value is -1.25. The highest BCUT2D eigenvalue weighted by molar-refractivity contribution is 6.72. The lowest BCUT2D eigenvalue weighted by Gasteiger charge is -2.30. The molecule has 4 atom stereocenters. The fourth-order valence-electron chi connectivity index (χ4n) is 3.67. The molecule has 33 heavy (non-hydrogen) atoms. The molecule has 0 aromatic carbocycles. The molecule has 1 aliphatic carbocycles. The molecule has 0 spiro atoms. The second-order valence-corrected chi connectivity index (χ2v) is 30.3. The predicted molar refractivity (Wildman–Crippen MR) is 136 cm³/mol. The molecule has 8 nitrogen and oxygen atoms in total. The van der Waals surface area contributed by atoms with E-state index < -0.39 is 80.8 Å². The zero-order valence-electron chi connectivity index (χ0n) is 22.3. The standard InChI is InChI=1S/C21H42O8Si4/c1-30(2,3)26-18(22)14-13-15(19(23)27-31(4,5)6)17(21(25)29-33(10,11)12)16(14)20(24)28-32(7,8)9/h14-17H,13H2,1-12H3. The highest BCUT2D eigenvalue weighted by Crippen LogP contribution is 2.46. The molecule has 1 fully saturated rings. The minimum atomic E-state index is -2.34. The summed E-state index contributed by atoms with van der Waals surface area (Å²) in [4.78, 5) is 53.1. The minimum absolute atomic E-state index is 0.0104. The molecule has 12 heteroatoms. The van der Waals surface area contributed by atoms with Gasteiger partial charge in [0.1, 0.15) is 0 Å². The largest absolute Gasteiger partial charge is 0.520 e. The zero-order valence-corrected chi connectivity index (χ0v) is 26.3. The van der Waals surface area contributed by atoms with Crippen molar-refractivity contribution >= 4 is 57.1 Å². The summed E-state index contributed by atoms with van der Waals surface area (Å²) >= 11 is 0. The van der Waals surface area contributed by atoms with Crippen molar-refractivity contribution in [1.82, 2.24) is 0 Å². The van der Waals surface area contributed by atoms with Gasteiger partial charge in [0.15, 0.2) is 0 Å². The van der Waals surface area contributed by atoms with Crippen LogP contribution in [0.4, 0.5) is 0 Å². The number of hydrogen-bond acceptors (Lipinski definition) is 8. The first kappa shape index (κ1) is 29.8. The molecule has 1 saturated carbocycles. The van der Waals surface area contributed by atoms with Gasteiger partial charge in [-0.1, -0.05) is 0 Å². The van der Waals surface area contributed by atoms with E-state index in [0.29, 0.717) is 0 Å². The molecule has 4 unspecified atom stereocenters. The van der Waals surface area contributed by atoms with Crippen LogP contribution in [0.2, 0.25) is 78.6 Å². The van der Waals surface area contributed by atoms with E-state index in [1.54, 1.807) is 0 Å². The van der Waals surface area contributed by atoms with Gasteiger partial charge in [-0.3, -0.25) is 19.2 Å². The van der Waals surface area contributed by atoms with E-state index in [0.717, 1.165) is 0 Å². The third-order valence-electron chi connectivity index (χ3n) is 4.54. The van der Waals surface area contributed by atoms with Crippen LogP contribution in [0.15, 0.2) is 0 Å². The second kappa shape index (κ2) is 10.2. The van der Waals surface area contributed by atoms with Gasteiger partial charge in [-0.25, -0.2) is 0 Å². The van der Waals surface area contributed by atoms with Crippen LogP contribution >= 0.6 is 0 Å². The Morgan fingerprint density at radius 1 is 0.455 bits per heavy atom. The molecule has 0 saturated heterocycles. The molecule has 0 aliphatic heterocycles. The molecule has 0 aromatic heterocycles. The van der Waals surface area contributed by atoms with Crippen LogP contribution in [0.3, 0.4) is 0 Å². The van der Waals surface area contributed by atoms with Crippen molar-refractivity contribution in [3.05, 3.63) is 0 Å². The Balaban J connectivity index is 3.54. The van der Waals surface area contributed by atoms with E-state index in [1.807, 2.05) is 78.6 Å². The lowest BCUT2D eigenvalue weighted by atomic mass is 9.87. The van der Waals surface area contributed by atoms with E-state index in [4.69, 9.17) is 17.7 Å². The first-order valence-corrected chi connectivity index (χ1v) is 25.1. The number of rotatable bonds is 8. The number of carbonyl (C=O) groups excluding carboxylic acids is 4. The van der Waals surface area contributed by atoms with Crippen LogP contribution in [0.5, 0.6) is 0 Å². The topological polar surface area (TPSA) is 105 Å². The number of hydrogen-bond donors (Lipinski definition) is 0. The van der Waals surface area contributed by atoms with Crippen LogP contribution in [0, 0.1) is 23.7 Å². The number of carbonyl (C=O) groups is 4. The fourth-order valence-corrected chi connectivity index (χ4v) is 6.66. The predicted octanol–water partition coefficient (Wildman–Crippen LogP) is 4.37. The molecule has 0 amide bonds. The molecule has 190 valence electrons. The van der Waals surface area contributed by atoms with Crippen molar-refractivity contribution in [2.45, 2.75) is 85.0 Å². The lowest BCUT2D eigenvalue weighted by molar-refractivity contribution is -0.158. The molecular weight excluding hydrogens is 493 g/mol. The van der Waals surface area contributed by atoms with E-state index >= 15 is 0 Å². The van der Waals surface area contributed by atoms with Crippen LogP contribution < -0.4 is 0 Å². The van der Waals surface area contributed by atoms with Crippen molar-refractivity contribution in [3.63, 3.8) is 0 Å². The van der Waals surface area contributed by atoms with Crippen molar-refractivity contribution in [2.75, 3.05) is 0 Å². The Labute approximate surface area is 202 Å². The maximum Gasteiger partial charge on any atom is 0.297 e. The first-order chi connectivity index (χ1) is 14.5. The molecule has 1 aliphatic rings. The molecule has 1 rings (SSSR count). The van der Waals surface area contributed by atoms with E-state index in [2.05, 4.69) is 0 Å². The summed E-state index contributed by atoms with van der Waals surface area (Å²) in [6.07, 6.45) is -0.0104. The summed E-state index contributed by atoms with van der Waals surface area (Å²) in [5.74, 6) is -6.67. The van der Waals surface area contributed by atoms with Crippen molar-refractivity contribution in [1.29, 1.82) is 0 Å². The Morgan fingerprint density at radius 3 is 0.879 bits per heavy atom. The average Bonchev–Trinajstić information content (AvgIpc) is 2.89. The van der Waals surface area contributed by atoms with Crippen LogP contribution in [0.1, 0.15) is 6.42 Å². The SMILES string of the molecule is C[Si](C)(C)OC(=O)C1CC(C(=O)O[Si](C)(C)C)C(C(=O)O[Si](C)(C)C)C1C(=O)O[Si](C)(C)C. The van der Waals surface area contributed by atoms with Gasteiger partial charge in [0.2, 0.25) is 33.3 Å². The van der Waals surface area contributed by atoms with Gasteiger partial charge in [0, 0.05) is 0 Å². The van der Waals surface area contributed by atoms with Gasteiger partial charge >= 0.3 is 0 Å². The van der Waals surface area contributed by atoms with Crippen molar-refractivity contribution < 1.29 is 36.9 Å². The Morgan fingerprint density at radius 2 is 0.667 bits per heavy atom. The van der Waals surface area contributed by atoms with E-state index in [1.165, 1.54) is 0 Å². The van der Waals surface area contributed by atoms with Gasteiger partial charge in [0.25, 0.3) is 23.9 Å². The third-order valence-corrected chi connectivity index (χ3v) is 7.79. The normalized spacial score (nSPS) is 24.1. The third kappa shape index (κ3) is 9.87. The average molecular weight is 535 g/mol. The molecule has 0 aromatic rings. The quantitative estimate of drug-likeness (QED) is 0.423. The van der Waals surface area contributed by atoms with Gasteiger partial charge in [-0.2, -0.15) is 0 Å². The second-order valence-electron chi connectivity index (χ2n) is 12.6. The Kier molecular flexibility index (Phi) is 9.17. The van der Waals surface area contributed by atoms with Gasteiger partial charge in [-0.15, -0.1) is 0 Å². The molecule has 0 bridgehead atoms. The molecular formula is C21H42O8Si4. The van der Waals surface area contributed by atoms with Crippen molar-refractivity contribution in [2.24, 2.45) is 23.7 Å². The van der Waals surface area contributed by atoms with Gasteiger partial charge in [0.05, 0.1) is 23.7 Å². The maximum absolute atomic E-state index is 13.4. The van der Waals surface area contributed by atoms with E-state index in [9.17, 15) is 19.2 Å². The molecule has 0 N–H and O–H groups in total. The van der Waals surface area contributed by atoms with Crippen LogP contribution in [0.25, 0.3) is 0 Å². The first-order valence-electron chi connectivity index (χ1n) is 11.4. The highest BCUT2D eigenvalue weighted by atomic mass is 28.4. The lowest BCUT2D eigenvalue weighted by Crippen LogP contribution is -2.45. The van der Waals surface area contributed by atoms with Gasteiger partial charge < -0.3 is 17.7 Å². The molecule has 0 radical (unpaired) electrons. The van der Waals surface area contributed by atoms with Crippen molar-refractivity contribution in [3.8, 4) is 0 Å². The molecule has 0 heterocycles. The summed E-state index contributed by atoms with van der Waals surface area (Å²) < 4.78 is 22.9. The summed E-state index contributed by atoms with van der Waals surface area (Å²) in [7, 11) is -9.26. The zero-order chi connectivity index (χ0) is 26.2. The monoisotopic (exact) mass is 534 g/mol. The highest BCUT2D eigenvalue weighted by Gasteiger charge is 2.59. The van der Waals surface area contributed by atoms with Gasteiger partial charge in [-0.05, 0) is 85.0 Å². The van der Waals surface area contributed by atoms with Crippen LogP contribution in [-0.4, -0.2) is 57.1 Å². The minimum Gasteiger partial charge on any atom is -0.520 e. The summed E-state index contributed by atoms with van der Waals surface area (Å²) in [5.41, 5.74) is 0. The van der Waals surface area contributed by atoms with E-state index in [-0.39, 0.29) is 6.42 Å². The Bertz CT molecular complexity index is 707. The van der Waals surface area contributed by atoms with Crippen LogP contribution in [-0.2, 0) is 36.9 Å². The summed E-state index contributed by atoms with van der Waals surface area (Å²) in [6.45, 7) is 22.3. The smallest absolute Gasteiger partial charge is 0.297 e. The fraction of sp³-hybridized carbons (Fsp3) is 0.810. The summed E-state index contributed by atoms with van der Waals surface area (Å²) in [5, 5.41) is 0.